The van der Waals surface area contributed by atoms with Crippen LogP contribution in [0.4, 0.5) is 0 Å². The van der Waals surface area contributed by atoms with E-state index in [1.54, 1.807) is 38.4 Å². The van der Waals surface area contributed by atoms with Crippen molar-refractivity contribution in [3.8, 4) is 17.2 Å². The fourth-order valence-electron chi connectivity index (χ4n) is 4.93. The van der Waals surface area contributed by atoms with E-state index in [0.29, 0.717) is 28.0 Å². The first-order valence-electron chi connectivity index (χ1n) is 11.6. The van der Waals surface area contributed by atoms with Gasteiger partial charge in [-0.25, -0.2) is 0 Å². The van der Waals surface area contributed by atoms with Crippen molar-refractivity contribution in [2.45, 2.75) is 26.4 Å². The number of aryl methyl sites for hydroxylation is 2. The number of carbonyl (C=O) groups is 1. The fraction of sp³-hybridized carbons (Fsp3) is 0.241. The highest BCUT2D eigenvalue weighted by Gasteiger charge is 2.43. The first-order chi connectivity index (χ1) is 17.4. The van der Waals surface area contributed by atoms with E-state index in [1.165, 1.54) is 0 Å². The Kier molecular flexibility index (Phi) is 5.92. The molecular weight excluding hydrogens is 458 g/mol. The molecule has 5 rings (SSSR count). The van der Waals surface area contributed by atoms with Crippen molar-refractivity contribution in [1.29, 1.82) is 0 Å². The SMILES string of the molecule is COc1ccc(CN2C(=O)c3oc4c(C)cc(C)cc4c(=O)c3C2c2ccc(OC)c(OC)c2)cc1. The molecule has 1 aliphatic heterocycles. The van der Waals surface area contributed by atoms with Crippen molar-refractivity contribution in [1.82, 2.24) is 4.90 Å². The van der Waals surface area contributed by atoms with Gasteiger partial charge in [0.2, 0.25) is 5.76 Å². The normalized spacial score (nSPS) is 14.8. The number of hydrogen-bond donors (Lipinski definition) is 0. The Morgan fingerprint density at radius 2 is 1.58 bits per heavy atom. The van der Waals surface area contributed by atoms with Gasteiger partial charge in [-0.1, -0.05) is 24.3 Å². The number of rotatable bonds is 6. The van der Waals surface area contributed by atoms with Gasteiger partial charge in [-0.3, -0.25) is 9.59 Å². The molecule has 1 aliphatic rings. The molecule has 0 saturated heterocycles. The van der Waals surface area contributed by atoms with Crippen LogP contribution in [0.2, 0.25) is 0 Å². The van der Waals surface area contributed by atoms with Gasteiger partial charge in [0.25, 0.3) is 5.91 Å². The molecule has 1 atom stereocenters. The number of nitrogens with zero attached hydrogens (tertiary/aromatic N) is 1. The van der Waals surface area contributed by atoms with E-state index in [4.69, 9.17) is 18.6 Å². The van der Waals surface area contributed by atoms with E-state index in [1.807, 2.05) is 56.3 Å². The van der Waals surface area contributed by atoms with Crippen LogP contribution < -0.4 is 19.6 Å². The number of fused-ring (bicyclic) bond motifs is 2. The highest BCUT2D eigenvalue weighted by atomic mass is 16.5. The molecule has 0 aliphatic carbocycles. The minimum Gasteiger partial charge on any atom is -0.497 e. The molecule has 0 N–H and O–H groups in total. The Labute approximate surface area is 208 Å². The number of hydrogen-bond acceptors (Lipinski definition) is 6. The third kappa shape index (κ3) is 3.77. The summed E-state index contributed by atoms with van der Waals surface area (Å²) in [5, 5.41) is 0.468. The number of amides is 1. The maximum absolute atomic E-state index is 13.9. The molecule has 1 unspecified atom stereocenters. The molecular formula is C29H27NO6. The van der Waals surface area contributed by atoms with Crippen LogP contribution >= 0.6 is 0 Å². The van der Waals surface area contributed by atoms with Gasteiger partial charge in [-0.15, -0.1) is 0 Å². The number of ether oxygens (including phenoxy) is 3. The maximum atomic E-state index is 13.9. The van der Waals surface area contributed by atoms with Crippen molar-refractivity contribution >= 4 is 16.9 Å². The summed E-state index contributed by atoms with van der Waals surface area (Å²) in [6.45, 7) is 4.09. The van der Waals surface area contributed by atoms with Crippen molar-refractivity contribution in [2.24, 2.45) is 0 Å². The highest BCUT2D eigenvalue weighted by molar-refractivity contribution is 5.99. The lowest BCUT2D eigenvalue weighted by molar-refractivity contribution is 0.0714. The number of carbonyl (C=O) groups excluding carboxylic acids is 1. The molecule has 4 aromatic rings. The summed E-state index contributed by atoms with van der Waals surface area (Å²) in [6.07, 6.45) is 0. The van der Waals surface area contributed by atoms with Crippen LogP contribution in [-0.2, 0) is 6.54 Å². The second-order valence-corrected chi connectivity index (χ2v) is 8.93. The third-order valence-corrected chi connectivity index (χ3v) is 6.63. The molecule has 0 fully saturated rings. The second-order valence-electron chi connectivity index (χ2n) is 8.93. The summed E-state index contributed by atoms with van der Waals surface area (Å²) >= 11 is 0. The van der Waals surface area contributed by atoms with Crippen LogP contribution in [0.1, 0.15) is 44.4 Å². The van der Waals surface area contributed by atoms with Crippen molar-refractivity contribution < 1.29 is 23.4 Å². The predicted octanol–water partition coefficient (Wildman–Crippen LogP) is 5.18. The average molecular weight is 486 g/mol. The molecule has 0 bridgehead atoms. The van der Waals surface area contributed by atoms with E-state index < -0.39 is 6.04 Å². The Bertz CT molecular complexity index is 1540. The van der Waals surface area contributed by atoms with Gasteiger partial charge in [0.05, 0.1) is 38.3 Å². The monoisotopic (exact) mass is 485 g/mol. The average Bonchev–Trinajstić information content (AvgIpc) is 3.16. The van der Waals surface area contributed by atoms with Crippen LogP contribution in [0, 0.1) is 13.8 Å². The zero-order valence-corrected chi connectivity index (χ0v) is 20.9. The van der Waals surface area contributed by atoms with E-state index in [2.05, 4.69) is 0 Å². The summed E-state index contributed by atoms with van der Waals surface area (Å²) in [7, 11) is 4.72. The van der Waals surface area contributed by atoms with Crippen LogP contribution in [0.25, 0.3) is 11.0 Å². The summed E-state index contributed by atoms with van der Waals surface area (Å²) < 4.78 is 22.4. The Balaban J connectivity index is 1.73. The largest absolute Gasteiger partial charge is 0.497 e. The van der Waals surface area contributed by atoms with Gasteiger partial charge >= 0.3 is 0 Å². The lowest BCUT2D eigenvalue weighted by Crippen LogP contribution is -2.29. The first-order valence-corrected chi connectivity index (χ1v) is 11.6. The minimum absolute atomic E-state index is 0.0766. The molecule has 0 saturated carbocycles. The standard InChI is InChI=1S/C29H27NO6/c1-16-12-17(2)27-21(13-16)26(31)24-25(19-8-11-22(34-4)23(14-19)35-5)30(29(32)28(24)36-27)15-18-6-9-20(33-3)10-7-18/h6-14,25H,15H2,1-5H3. The van der Waals surface area contributed by atoms with E-state index in [0.717, 1.165) is 28.0 Å². The maximum Gasteiger partial charge on any atom is 0.291 e. The molecule has 0 spiro atoms. The molecule has 7 nitrogen and oxygen atoms in total. The molecule has 1 amide bonds. The summed E-state index contributed by atoms with van der Waals surface area (Å²) in [4.78, 5) is 29.3. The molecule has 3 aromatic carbocycles. The van der Waals surface area contributed by atoms with Gasteiger partial charge in [0.15, 0.2) is 16.9 Å². The van der Waals surface area contributed by atoms with Gasteiger partial charge in [-0.05, 0) is 66.4 Å². The van der Waals surface area contributed by atoms with Gasteiger partial charge in [0, 0.05) is 6.54 Å². The molecule has 184 valence electrons. The van der Waals surface area contributed by atoms with Gasteiger partial charge < -0.3 is 23.5 Å². The number of benzene rings is 3. The van der Waals surface area contributed by atoms with Crippen molar-refractivity contribution in [2.75, 3.05) is 21.3 Å². The lowest BCUT2D eigenvalue weighted by atomic mass is 9.97. The van der Waals surface area contributed by atoms with Crippen LogP contribution in [0.15, 0.2) is 63.8 Å². The van der Waals surface area contributed by atoms with Crippen LogP contribution in [0.5, 0.6) is 17.2 Å². The van der Waals surface area contributed by atoms with Crippen molar-refractivity contribution in [3.05, 3.63) is 98.4 Å². The molecule has 36 heavy (non-hydrogen) atoms. The van der Waals surface area contributed by atoms with Gasteiger partial charge in [-0.2, -0.15) is 0 Å². The van der Waals surface area contributed by atoms with Crippen LogP contribution in [-0.4, -0.2) is 32.1 Å². The molecule has 0 radical (unpaired) electrons. The van der Waals surface area contributed by atoms with E-state index >= 15 is 0 Å². The summed E-state index contributed by atoms with van der Waals surface area (Å²) in [5.74, 6) is 1.54. The minimum atomic E-state index is -0.657. The number of methoxy groups -OCH3 is 3. The van der Waals surface area contributed by atoms with Crippen molar-refractivity contribution in [3.63, 3.8) is 0 Å². The van der Waals surface area contributed by atoms with Gasteiger partial charge in [0.1, 0.15) is 11.3 Å². The highest BCUT2D eigenvalue weighted by Crippen LogP contribution is 2.42. The Morgan fingerprint density at radius 1 is 0.861 bits per heavy atom. The summed E-state index contributed by atoms with van der Waals surface area (Å²) in [5.41, 5.74) is 3.95. The zero-order valence-electron chi connectivity index (χ0n) is 20.9. The topological polar surface area (TPSA) is 78.2 Å². The Hall–Kier alpha value is -4.26. The second kappa shape index (κ2) is 9.07. The molecule has 2 heterocycles. The lowest BCUT2D eigenvalue weighted by Gasteiger charge is -2.26. The molecule has 1 aromatic heterocycles. The van der Waals surface area contributed by atoms with Crippen LogP contribution in [0.3, 0.4) is 0 Å². The zero-order chi connectivity index (χ0) is 25.6. The predicted molar refractivity (Wildman–Crippen MR) is 136 cm³/mol. The van der Waals surface area contributed by atoms with E-state index in [-0.39, 0.29) is 23.6 Å². The quantitative estimate of drug-likeness (QED) is 0.374. The molecule has 7 heteroatoms. The third-order valence-electron chi connectivity index (χ3n) is 6.63. The smallest absolute Gasteiger partial charge is 0.291 e. The van der Waals surface area contributed by atoms with E-state index in [9.17, 15) is 9.59 Å². The first kappa shape index (κ1) is 23.5. The Morgan fingerprint density at radius 3 is 2.25 bits per heavy atom. The summed E-state index contributed by atoms with van der Waals surface area (Å²) in [6, 6.07) is 16.0. The fourth-order valence-corrected chi connectivity index (χ4v) is 4.93.